The number of hydrogen-bond acceptors (Lipinski definition) is 4. The number of benzene rings is 2. The first-order valence-electron chi connectivity index (χ1n) is 7.93. The molecule has 26 heavy (non-hydrogen) atoms. The first kappa shape index (κ1) is 17.8. The molecule has 0 aliphatic heterocycles. The molecule has 0 aliphatic rings. The number of halogens is 1. The number of aromatic carboxylic acids is 1. The number of carboxylic acids is 1. The number of ether oxygens (including phenoxy) is 1. The summed E-state index contributed by atoms with van der Waals surface area (Å²) >= 11 is 5.98. The molecular formula is C20H17ClN2O3. The first-order valence-corrected chi connectivity index (χ1v) is 8.30. The number of rotatable bonds is 6. The van der Waals surface area contributed by atoms with Crippen LogP contribution in [0, 0.1) is 0 Å². The van der Waals surface area contributed by atoms with Crippen LogP contribution in [0.3, 0.4) is 0 Å². The van der Waals surface area contributed by atoms with Gasteiger partial charge in [-0.15, -0.1) is 0 Å². The fourth-order valence-corrected chi connectivity index (χ4v) is 2.78. The number of hydrogen-bond donors (Lipinski definition) is 2. The summed E-state index contributed by atoms with van der Waals surface area (Å²) in [6, 6.07) is 16.4. The average Bonchev–Trinajstić information content (AvgIpc) is 2.66. The molecule has 0 bridgehead atoms. The van der Waals surface area contributed by atoms with Gasteiger partial charge in [0.05, 0.1) is 7.11 Å². The number of anilines is 1. The Balaban J connectivity index is 1.75. The number of carboxylic acid groups (broad SMARTS) is 1. The third kappa shape index (κ3) is 4.13. The predicted molar refractivity (Wildman–Crippen MR) is 102 cm³/mol. The van der Waals surface area contributed by atoms with Gasteiger partial charge in [-0.25, -0.2) is 9.78 Å². The van der Waals surface area contributed by atoms with Crippen LogP contribution in [0.25, 0.3) is 11.1 Å². The van der Waals surface area contributed by atoms with Gasteiger partial charge in [0.25, 0.3) is 0 Å². The molecule has 6 heteroatoms. The van der Waals surface area contributed by atoms with Crippen LogP contribution in [0.5, 0.6) is 5.75 Å². The number of carbonyl (C=O) groups is 1. The molecule has 2 N–H and O–H groups in total. The van der Waals surface area contributed by atoms with Crippen molar-refractivity contribution in [1.29, 1.82) is 0 Å². The van der Waals surface area contributed by atoms with E-state index in [0.29, 0.717) is 17.3 Å². The Morgan fingerprint density at radius 2 is 1.96 bits per heavy atom. The van der Waals surface area contributed by atoms with Crippen LogP contribution in [0.2, 0.25) is 5.02 Å². The minimum absolute atomic E-state index is 0.119. The predicted octanol–water partition coefficient (Wildman–Crippen LogP) is 4.72. The number of aromatic nitrogens is 1. The van der Waals surface area contributed by atoms with Crippen molar-refractivity contribution in [2.75, 3.05) is 12.4 Å². The molecule has 0 saturated carbocycles. The van der Waals surface area contributed by atoms with E-state index in [9.17, 15) is 9.90 Å². The molecular weight excluding hydrogens is 352 g/mol. The van der Waals surface area contributed by atoms with Gasteiger partial charge in [0.2, 0.25) is 0 Å². The van der Waals surface area contributed by atoms with Crippen LogP contribution in [-0.2, 0) is 6.54 Å². The fraction of sp³-hybridized carbons (Fsp3) is 0.100. The number of pyridine rings is 1. The molecule has 3 rings (SSSR count). The molecule has 1 heterocycles. The second-order valence-electron chi connectivity index (χ2n) is 5.64. The van der Waals surface area contributed by atoms with Gasteiger partial charge in [0.15, 0.2) is 0 Å². The lowest BCUT2D eigenvalue weighted by atomic mass is 10.0. The van der Waals surface area contributed by atoms with Crippen LogP contribution in [0.15, 0.2) is 60.8 Å². The van der Waals surface area contributed by atoms with E-state index < -0.39 is 5.97 Å². The lowest BCUT2D eigenvalue weighted by Crippen LogP contribution is -2.02. The van der Waals surface area contributed by atoms with Gasteiger partial charge in [-0.3, -0.25) is 0 Å². The second-order valence-corrected chi connectivity index (χ2v) is 6.07. The molecule has 0 radical (unpaired) electrons. The van der Waals surface area contributed by atoms with E-state index in [1.165, 1.54) is 7.11 Å². The van der Waals surface area contributed by atoms with Crippen molar-refractivity contribution < 1.29 is 14.6 Å². The highest BCUT2D eigenvalue weighted by Gasteiger charge is 2.12. The van der Waals surface area contributed by atoms with E-state index in [4.69, 9.17) is 16.3 Å². The summed E-state index contributed by atoms with van der Waals surface area (Å²) in [6.07, 6.45) is 1.70. The molecule has 2 aromatic carbocycles. The van der Waals surface area contributed by atoms with E-state index in [0.717, 1.165) is 22.5 Å². The minimum Gasteiger partial charge on any atom is -0.496 e. The Hall–Kier alpha value is -3.05. The molecule has 0 fully saturated rings. The molecule has 132 valence electrons. The quantitative estimate of drug-likeness (QED) is 0.658. The van der Waals surface area contributed by atoms with Crippen molar-refractivity contribution in [3.63, 3.8) is 0 Å². The molecule has 0 atom stereocenters. The third-order valence-corrected chi connectivity index (χ3v) is 4.12. The summed E-state index contributed by atoms with van der Waals surface area (Å²) in [5, 5.41) is 13.2. The SMILES string of the molecule is COc1ccc(-c2ccc(NCc3cccc(Cl)c3)nc2)cc1C(=O)O. The van der Waals surface area contributed by atoms with Crippen LogP contribution >= 0.6 is 11.6 Å². The Bertz CT molecular complexity index is 927. The van der Waals surface area contributed by atoms with Crippen molar-refractivity contribution in [1.82, 2.24) is 4.98 Å². The Morgan fingerprint density at radius 1 is 1.15 bits per heavy atom. The highest BCUT2D eigenvalue weighted by Crippen LogP contribution is 2.27. The number of nitrogens with one attached hydrogen (secondary N) is 1. The zero-order chi connectivity index (χ0) is 18.5. The third-order valence-electron chi connectivity index (χ3n) is 3.89. The molecule has 0 aliphatic carbocycles. The van der Waals surface area contributed by atoms with Gasteiger partial charge in [0.1, 0.15) is 17.1 Å². The van der Waals surface area contributed by atoms with Crippen LogP contribution in [0.1, 0.15) is 15.9 Å². The standard InChI is InChI=1S/C20H17ClN2O3/c1-26-18-7-5-14(10-17(18)20(24)25)15-6-8-19(23-12-15)22-11-13-3-2-4-16(21)9-13/h2-10,12H,11H2,1H3,(H,22,23)(H,24,25). The lowest BCUT2D eigenvalue weighted by Gasteiger charge is -2.09. The highest BCUT2D eigenvalue weighted by atomic mass is 35.5. The smallest absolute Gasteiger partial charge is 0.339 e. The molecule has 0 amide bonds. The fourth-order valence-electron chi connectivity index (χ4n) is 2.56. The van der Waals surface area contributed by atoms with E-state index in [1.54, 1.807) is 24.4 Å². The minimum atomic E-state index is -1.03. The number of nitrogens with zero attached hydrogens (tertiary/aromatic N) is 1. The Labute approximate surface area is 156 Å². The van der Waals surface area contributed by atoms with Crippen LogP contribution < -0.4 is 10.1 Å². The molecule has 1 aromatic heterocycles. The zero-order valence-electron chi connectivity index (χ0n) is 14.1. The van der Waals surface area contributed by atoms with Gasteiger partial charge in [-0.2, -0.15) is 0 Å². The van der Waals surface area contributed by atoms with Gasteiger partial charge in [0, 0.05) is 23.3 Å². The van der Waals surface area contributed by atoms with Crippen molar-refractivity contribution in [3.8, 4) is 16.9 Å². The van der Waals surface area contributed by atoms with Crippen molar-refractivity contribution in [3.05, 3.63) is 76.9 Å². The second kappa shape index (κ2) is 7.89. The van der Waals surface area contributed by atoms with Gasteiger partial charge in [-0.05, 0) is 47.5 Å². The summed E-state index contributed by atoms with van der Waals surface area (Å²) in [5.74, 6) is 0.0196. The first-order chi connectivity index (χ1) is 12.6. The van der Waals surface area contributed by atoms with Gasteiger partial charge >= 0.3 is 5.97 Å². The highest BCUT2D eigenvalue weighted by molar-refractivity contribution is 6.30. The molecule has 3 aromatic rings. The summed E-state index contributed by atoms with van der Waals surface area (Å²) in [7, 11) is 1.45. The van der Waals surface area contributed by atoms with Gasteiger partial charge < -0.3 is 15.2 Å². The monoisotopic (exact) mass is 368 g/mol. The molecule has 5 nitrogen and oxygen atoms in total. The summed E-state index contributed by atoms with van der Waals surface area (Å²) < 4.78 is 5.08. The average molecular weight is 369 g/mol. The molecule has 0 saturated heterocycles. The maximum absolute atomic E-state index is 11.3. The van der Waals surface area contributed by atoms with E-state index in [-0.39, 0.29) is 5.56 Å². The van der Waals surface area contributed by atoms with Gasteiger partial charge in [-0.1, -0.05) is 29.8 Å². The van der Waals surface area contributed by atoms with E-state index >= 15 is 0 Å². The van der Waals surface area contributed by atoms with Crippen molar-refractivity contribution in [2.45, 2.75) is 6.54 Å². The normalized spacial score (nSPS) is 10.4. The molecule has 0 unspecified atom stereocenters. The summed E-state index contributed by atoms with van der Waals surface area (Å²) in [6.45, 7) is 0.610. The maximum atomic E-state index is 11.3. The largest absolute Gasteiger partial charge is 0.496 e. The van der Waals surface area contributed by atoms with E-state index in [1.807, 2.05) is 36.4 Å². The lowest BCUT2D eigenvalue weighted by molar-refractivity contribution is 0.0693. The van der Waals surface area contributed by atoms with Crippen molar-refractivity contribution in [2.24, 2.45) is 0 Å². The zero-order valence-corrected chi connectivity index (χ0v) is 14.8. The topological polar surface area (TPSA) is 71.5 Å². The maximum Gasteiger partial charge on any atom is 0.339 e. The molecule has 0 spiro atoms. The van der Waals surface area contributed by atoms with E-state index in [2.05, 4.69) is 10.3 Å². The van der Waals surface area contributed by atoms with Crippen LogP contribution in [0.4, 0.5) is 5.82 Å². The van der Waals surface area contributed by atoms with Crippen LogP contribution in [-0.4, -0.2) is 23.2 Å². The summed E-state index contributed by atoms with van der Waals surface area (Å²) in [5.41, 5.74) is 2.76. The number of methoxy groups -OCH3 is 1. The summed E-state index contributed by atoms with van der Waals surface area (Å²) in [4.78, 5) is 15.7. The Kier molecular flexibility index (Phi) is 5.39. The Morgan fingerprint density at radius 3 is 2.62 bits per heavy atom. The van der Waals surface area contributed by atoms with Crippen molar-refractivity contribution >= 4 is 23.4 Å².